The Kier molecular flexibility index (Phi) is 4.80. The lowest BCUT2D eigenvalue weighted by molar-refractivity contribution is 0.330. The molecular weight excluding hydrogens is 220 g/mol. The lowest BCUT2D eigenvalue weighted by Gasteiger charge is -2.37. The molecule has 0 aliphatic heterocycles. The van der Waals surface area contributed by atoms with Gasteiger partial charge in [0.15, 0.2) is 0 Å². The van der Waals surface area contributed by atoms with E-state index in [9.17, 15) is 0 Å². The highest BCUT2D eigenvalue weighted by Gasteiger charge is 2.24. The van der Waals surface area contributed by atoms with Gasteiger partial charge < -0.3 is 10.6 Å². The van der Waals surface area contributed by atoms with Gasteiger partial charge in [-0.3, -0.25) is 0 Å². The molecular formula is C16H28N2. The number of rotatable bonds is 4. The van der Waals surface area contributed by atoms with E-state index in [0.717, 1.165) is 6.42 Å². The van der Waals surface area contributed by atoms with Gasteiger partial charge in [-0.25, -0.2) is 0 Å². The summed E-state index contributed by atoms with van der Waals surface area (Å²) in [6, 6.07) is 9.29. The predicted molar refractivity (Wildman–Crippen MR) is 81.0 cm³/mol. The van der Waals surface area contributed by atoms with Crippen LogP contribution in [0.5, 0.6) is 0 Å². The third-order valence-electron chi connectivity index (χ3n) is 4.00. The van der Waals surface area contributed by atoms with Crippen molar-refractivity contribution >= 4 is 5.69 Å². The molecule has 2 heteroatoms. The molecule has 0 aliphatic rings. The maximum Gasteiger partial charge on any atom is 0.0366 e. The van der Waals surface area contributed by atoms with E-state index in [-0.39, 0.29) is 11.5 Å². The zero-order valence-electron chi connectivity index (χ0n) is 12.7. The minimum atomic E-state index is 0.157. The molecule has 0 heterocycles. The van der Waals surface area contributed by atoms with Gasteiger partial charge in [0.05, 0.1) is 0 Å². The van der Waals surface area contributed by atoms with E-state index in [2.05, 4.69) is 70.8 Å². The van der Waals surface area contributed by atoms with Crippen molar-refractivity contribution in [3.63, 3.8) is 0 Å². The topological polar surface area (TPSA) is 29.3 Å². The van der Waals surface area contributed by atoms with Gasteiger partial charge in [-0.15, -0.1) is 0 Å². The molecule has 102 valence electrons. The molecule has 1 unspecified atom stereocenters. The van der Waals surface area contributed by atoms with E-state index in [1.165, 1.54) is 11.3 Å². The van der Waals surface area contributed by atoms with Crippen molar-refractivity contribution in [1.82, 2.24) is 0 Å². The molecule has 1 aromatic carbocycles. The monoisotopic (exact) mass is 248 g/mol. The standard InChI is InChI=1S/C16H28N2/c1-7-15(17)13-8-10-14(11-9-13)18(6)12(2)16(3,4)5/h8-12,15H,7,17H2,1-6H3/t12?,15-/m1/s1. The van der Waals surface area contributed by atoms with E-state index in [0.29, 0.717) is 6.04 Å². The van der Waals surface area contributed by atoms with E-state index in [4.69, 9.17) is 5.73 Å². The normalized spacial score (nSPS) is 15.3. The Labute approximate surface area is 112 Å². The molecule has 2 atom stereocenters. The number of hydrogen-bond donors (Lipinski definition) is 1. The Hall–Kier alpha value is -1.02. The largest absolute Gasteiger partial charge is 0.371 e. The van der Waals surface area contributed by atoms with Gasteiger partial charge in [0, 0.05) is 24.8 Å². The first-order chi connectivity index (χ1) is 8.27. The number of anilines is 1. The third-order valence-corrected chi connectivity index (χ3v) is 4.00. The summed E-state index contributed by atoms with van der Waals surface area (Å²) in [6.45, 7) is 11.2. The molecule has 0 spiro atoms. The van der Waals surface area contributed by atoms with Crippen LogP contribution >= 0.6 is 0 Å². The second kappa shape index (κ2) is 5.75. The molecule has 2 nitrogen and oxygen atoms in total. The molecule has 0 fully saturated rings. The average Bonchev–Trinajstić information content (AvgIpc) is 2.35. The van der Waals surface area contributed by atoms with E-state index < -0.39 is 0 Å². The smallest absolute Gasteiger partial charge is 0.0366 e. The van der Waals surface area contributed by atoms with Gasteiger partial charge in [-0.1, -0.05) is 39.8 Å². The maximum atomic E-state index is 6.04. The molecule has 2 N–H and O–H groups in total. The van der Waals surface area contributed by atoms with Crippen LogP contribution in [0.3, 0.4) is 0 Å². The van der Waals surface area contributed by atoms with E-state index >= 15 is 0 Å². The van der Waals surface area contributed by atoms with Crippen molar-refractivity contribution in [2.24, 2.45) is 11.1 Å². The molecule has 0 aliphatic carbocycles. The first kappa shape index (κ1) is 15.0. The average molecular weight is 248 g/mol. The van der Waals surface area contributed by atoms with Crippen LogP contribution in [-0.4, -0.2) is 13.1 Å². The summed E-state index contributed by atoms with van der Waals surface area (Å²) in [6.07, 6.45) is 0.980. The van der Waals surface area contributed by atoms with Crippen LogP contribution < -0.4 is 10.6 Å². The first-order valence-electron chi connectivity index (χ1n) is 6.85. The fourth-order valence-corrected chi connectivity index (χ4v) is 2.00. The highest BCUT2D eigenvalue weighted by atomic mass is 15.1. The molecule has 0 saturated heterocycles. The summed E-state index contributed by atoms with van der Waals surface area (Å²) in [4.78, 5) is 2.33. The summed E-state index contributed by atoms with van der Waals surface area (Å²) < 4.78 is 0. The Morgan fingerprint density at radius 3 is 2.06 bits per heavy atom. The molecule has 0 radical (unpaired) electrons. The Balaban J connectivity index is 2.85. The minimum Gasteiger partial charge on any atom is -0.371 e. The SMILES string of the molecule is CC[C@@H](N)c1ccc(N(C)C(C)C(C)(C)C)cc1. The highest BCUT2D eigenvalue weighted by molar-refractivity contribution is 5.48. The Morgan fingerprint density at radius 1 is 1.17 bits per heavy atom. The lowest BCUT2D eigenvalue weighted by atomic mass is 9.87. The summed E-state index contributed by atoms with van der Waals surface area (Å²) in [5.74, 6) is 0. The molecule has 0 amide bonds. The van der Waals surface area contributed by atoms with Crippen molar-refractivity contribution < 1.29 is 0 Å². The molecule has 1 aromatic rings. The first-order valence-corrected chi connectivity index (χ1v) is 6.85. The van der Waals surface area contributed by atoms with Crippen LogP contribution in [0.15, 0.2) is 24.3 Å². The van der Waals surface area contributed by atoms with E-state index in [1.807, 2.05) is 0 Å². The fourth-order valence-electron chi connectivity index (χ4n) is 2.00. The van der Waals surface area contributed by atoms with Gasteiger partial charge in [0.1, 0.15) is 0 Å². The van der Waals surface area contributed by atoms with Crippen molar-refractivity contribution in [3.05, 3.63) is 29.8 Å². The minimum absolute atomic E-state index is 0.157. The van der Waals surface area contributed by atoms with Crippen LogP contribution in [0.4, 0.5) is 5.69 Å². The second-order valence-electron chi connectivity index (χ2n) is 6.26. The molecule has 1 rings (SSSR count). The summed E-state index contributed by atoms with van der Waals surface area (Å²) in [5, 5.41) is 0. The highest BCUT2D eigenvalue weighted by Crippen LogP contribution is 2.28. The van der Waals surface area contributed by atoms with Crippen molar-refractivity contribution in [1.29, 1.82) is 0 Å². The Morgan fingerprint density at radius 2 is 1.67 bits per heavy atom. The van der Waals surface area contributed by atoms with Gasteiger partial charge in [0.25, 0.3) is 0 Å². The van der Waals surface area contributed by atoms with Crippen LogP contribution in [0.2, 0.25) is 0 Å². The van der Waals surface area contributed by atoms with E-state index in [1.54, 1.807) is 0 Å². The zero-order chi connectivity index (χ0) is 13.9. The number of nitrogens with zero attached hydrogens (tertiary/aromatic N) is 1. The van der Waals surface area contributed by atoms with Gasteiger partial charge in [0.2, 0.25) is 0 Å². The third kappa shape index (κ3) is 3.49. The fraction of sp³-hybridized carbons (Fsp3) is 0.625. The van der Waals surface area contributed by atoms with Crippen molar-refractivity contribution in [3.8, 4) is 0 Å². The maximum absolute atomic E-state index is 6.04. The van der Waals surface area contributed by atoms with Crippen molar-refractivity contribution in [2.45, 2.75) is 53.1 Å². The molecule has 0 aromatic heterocycles. The van der Waals surface area contributed by atoms with Gasteiger partial charge in [-0.05, 0) is 36.5 Å². The number of nitrogens with two attached hydrogens (primary N) is 1. The van der Waals surface area contributed by atoms with Crippen LogP contribution in [-0.2, 0) is 0 Å². The van der Waals surface area contributed by atoms with Crippen LogP contribution in [0.1, 0.15) is 52.6 Å². The second-order valence-corrected chi connectivity index (χ2v) is 6.26. The van der Waals surface area contributed by atoms with Gasteiger partial charge in [-0.2, -0.15) is 0 Å². The molecule has 18 heavy (non-hydrogen) atoms. The zero-order valence-corrected chi connectivity index (χ0v) is 12.7. The summed E-state index contributed by atoms with van der Waals surface area (Å²) in [5.41, 5.74) is 8.78. The van der Waals surface area contributed by atoms with Gasteiger partial charge >= 0.3 is 0 Å². The van der Waals surface area contributed by atoms with Crippen LogP contribution in [0, 0.1) is 5.41 Å². The van der Waals surface area contributed by atoms with Crippen LogP contribution in [0.25, 0.3) is 0 Å². The lowest BCUT2D eigenvalue weighted by Crippen LogP contribution is -2.39. The number of hydrogen-bond acceptors (Lipinski definition) is 2. The molecule has 0 bridgehead atoms. The summed E-state index contributed by atoms with van der Waals surface area (Å²) in [7, 11) is 2.16. The number of benzene rings is 1. The quantitative estimate of drug-likeness (QED) is 0.873. The summed E-state index contributed by atoms with van der Waals surface area (Å²) >= 11 is 0. The Bertz CT molecular complexity index is 362. The predicted octanol–water partition coefficient (Wildman–Crippen LogP) is 3.97. The van der Waals surface area contributed by atoms with Crippen molar-refractivity contribution in [2.75, 3.05) is 11.9 Å². The molecule has 0 saturated carbocycles.